The van der Waals surface area contributed by atoms with Crippen molar-refractivity contribution in [3.63, 3.8) is 0 Å². The number of esters is 1. The fourth-order valence-corrected chi connectivity index (χ4v) is 3.03. The van der Waals surface area contributed by atoms with E-state index in [9.17, 15) is 14.8 Å². The summed E-state index contributed by atoms with van der Waals surface area (Å²) >= 11 is 0. The molecule has 0 bridgehead atoms. The molecule has 0 atom stereocenters. The molecule has 1 aromatic heterocycles. The maximum absolute atomic E-state index is 13.1. The largest absolute Gasteiger partial charge is 0.733 e. The monoisotopic (exact) mass is 418 g/mol. The molecule has 156 valence electrons. The van der Waals surface area contributed by atoms with E-state index in [4.69, 9.17) is 19.1 Å². The Morgan fingerprint density at radius 2 is 1.68 bits per heavy atom. The fraction of sp³-hybridized carbons (Fsp3) is 0.0435. The van der Waals surface area contributed by atoms with Gasteiger partial charge in [0.15, 0.2) is 5.76 Å². The summed E-state index contributed by atoms with van der Waals surface area (Å²) in [7, 11) is 1.53. The van der Waals surface area contributed by atoms with Crippen LogP contribution in [-0.2, 0) is 0 Å². The molecule has 4 aromatic rings. The molecule has 8 nitrogen and oxygen atoms in total. The molecule has 0 aliphatic heterocycles. The second kappa shape index (κ2) is 8.31. The third-order valence-electron chi connectivity index (χ3n) is 4.63. The van der Waals surface area contributed by atoms with Crippen LogP contribution in [0, 0.1) is 5.21 Å². The molecule has 0 saturated carbocycles. The number of rotatable bonds is 5. The van der Waals surface area contributed by atoms with Gasteiger partial charge in [-0.1, -0.05) is 12.1 Å². The van der Waals surface area contributed by atoms with Crippen molar-refractivity contribution in [1.82, 2.24) is 0 Å². The van der Waals surface area contributed by atoms with Crippen molar-refractivity contribution in [2.45, 2.75) is 0 Å². The number of anilines is 1. The predicted molar refractivity (Wildman–Crippen MR) is 114 cm³/mol. The van der Waals surface area contributed by atoms with Gasteiger partial charge in [-0.3, -0.25) is 10.0 Å². The van der Waals surface area contributed by atoms with Gasteiger partial charge in [-0.05, 0) is 60.7 Å². The summed E-state index contributed by atoms with van der Waals surface area (Å²) in [5.74, 6) is -0.371. The van der Waals surface area contributed by atoms with Crippen LogP contribution in [0.2, 0.25) is 0 Å². The average molecular weight is 418 g/mol. The smallest absolute Gasteiger partial charge is 0.343 e. The highest BCUT2D eigenvalue weighted by Crippen LogP contribution is 2.32. The van der Waals surface area contributed by atoms with Gasteiger partial charge < -0.3 is 24.3 Å². The molecule has 1 N–H and O–H groups in total. The number of hydrogen-bond donors (Lipinski definition) is 1. The van der Waals surface area contributed by atoms with Gasteiger partial charge in [-0.25, -0.2) is 4.79 Å². The standard InChI is InChI=1S/C23H16NO7/c1-29-17-12-8-14(9-13-17)21-22(20(25)18-4-2-3-5-19(18)30-21)31-23(26)15-6-10-16(11-7-15)24(27)28/h2-13,27H,1H3/q-1. The van der Waals surface area contributed by atoms with Crippen molar-refractivity contribution in [2.24, 2.45) is 0 Å². The lowest BCUT2D eigenvalue weighted by Gasteiger charge is -2.21. The Kier molecular flexibility index (Phi) is 5.40. The Bertz CT molecular complexity index is 1290. The second-order valence-corrected chi connectivity index (χ2v) is 6.52. The Balaban J connectivity index is 1.80. The predicted octanol–water partition coefficient (Wildman–Crippen LogP) is 4.38. The van der Waals surface area contributed by atoms with Gasteiger partial charge in [0.1, 0.15) is 11.3 Å². The third kappa shape index (κ3) is 3.97. The molecule has 4 rings (SSSR count). The molecule has 0 unspecified atom stereocenters. The average Bonchev–Trinajstić information content (AvgIpc) is 2.81. The van der Waals surface area contributed by atoms with Crippen LogP contribution in [0.5, 0.6) is 11.5 Å². The van der Waals surface area contributed by atoms with Crippen LogP contribution in [-0.4, -0.2) is 18.3 Å². The highest BCUT2D eigenvalue weighted by molar-refractivity contribution is 5.93. The topological polar surface area (TPSA) is 112 Å². The summed E-state index contributed by atoms with van der Waals surface area (Å²) in [6, 6.07) is 18.5. The van der Waals surface area contributed by atoms with E-state index in [0.29, 0.717) is 16.9 Å². The SMILES string of the molecule is COc1ccc(-c2oc3ccccc3c(=O)c2OC(=O)c2ccc(N([O-])O)cc2)cc1. The van der Waals surface area contributed by atoms with Crippen LogP contribution in [0.4, 0.5) is 5.69 Å². The van der Waals surface area contributed by atoms with Gasteiger partial charge in [0.25, 0.3) is 0 Å². The van der Waals surface area contributed by atoms with E-state index in [-0.39, 0.29) is 33.4 Å². The lowest BCUT2D eigenvalue weighted by Crippen LogP contribution is -2.16. The minimum Gasteiger partial charge on any atom is -0.733 e. The summed E-state index contributed by atoms with van der Waals surface area (Å²) in [6.07, 6.45) is 0. The molecule has 0 amide bonds. The summed E-state index contributed by atoms with van der Waals surface area (Å²) < 4.78 is 16.5. The van der Waals surface area contributed by atoms with Gasteiger partial charge in [-0.15, -0.1) is 0 Å². The number of hydrogen-bond acceptors (Lipinski definition) is 8. The maximum Gasteiger partial charge on any atom is 0.343 e. The highest BCUT2D eigenvalue weighted by Gasteiger charge is 2.21. The Morgan fingerprint density at radius 1 is 1.00 bits per heavy atom. The number of carbonyl (C=O) groups is 1. The van der Waals surface area contributed by atoms with Crippen molar-refractivity contribution in [2.75, 3.05) is 12.3 Å². The van der Waals surface area contributed by atoms with Crippen molar-refractivity contribution in [3.8, 4) is 22.8 Å². The van der Waals surface area contributed by atoms with E-state index in [1.807, 2.05) is 0 Å². The zero-order valence-corrected chi connectivity index (χ0v) is 16.3. The van der Waals surface area contributed by atoms with Crippen LogP contribution in [0.3, 0.4) is 0 Å². The van der Waals surface area contributed by atoms with Crippen molar-refractivity contribution >= 4 is 22.6 Å². The maximum atomic E-state index is 13.1. The van der Waals surface area contributed by atoms with E-state index in [1.54, 1.807) is 48.5 Å². The Labute approximate surface area is 176 Å². The number of carbonyl (C=O) groups excluding carboxylic acids is 1. The van der Waals surface area contributed by atoms with E-state index in [0.717, 1.165) is 0 Å². The van der Waals surface area contributed by atoms with Crippen molar-refractivity contribution < 1.29 is 23.9 Å². The van der Waals surface area contributed by atoms with E-state index in [2.05, 4.69) is 0 Å². The van der Waals surface area contributed by atoms with Gasteiger partial charge >= 0.3 is 5.97 Å². The number of para-hydroxylation sites is 1. The lowest BCUT2D eigenvalue weighted by molar-refractivity contribution is 0.0731. The molecule has 0 spiro atoms. The van der Waals surface area contributed by atoms with Gasteiger partial charge in [0.05, 0.1) is 23.7 Å². The van der Waals surface area contributed by atoms with Crippen LogP contribution >= 0.6 is 0 Å². The summed E-state index contributed by atoms with van der Waals surface area (Å²) in [5, 5.41) is 19.8. The van der Waals surface area contributed by atoms with Crippen molar-refractivity contribution in [3.05, 3.63) is 93.8 Å². The Morgan fingerprint density at radius 3 is 2.32 bits per heavy atom. The summed E-state index contributed by atoms with van der Waals surface area (Å²) in [6.45, 7) is 0. The first kappa shape index (κ1) is 20.1. The number of nitrogens with zero attached hydrogens (tertiary/aromatic N) is 1. The molecular formula is C23H16NO7-. The van der Waals surface area contributed by atoms with Crippen molar-refractivity contribution in [1.29, 1.82) is 0 Å². The molecule has 0 saturated heterocycles. The molecule has 1 heterocycles. The van der Waals surface area contributed by atoms with Gasteiger partial charge in [-0.2, -0.15) is 0 Å². The van der Waals surface area contributed by atoms with Crippen LogP contribution < -0.4 is 20.1 Å². The second-order valence-electron chi connectivity index (χ2n) is 6.52. The first-order chi connectivity index (χ1) is 15.0. The quantitative estimate of drug-likeness (QED) is 0.375. The molecule has 31 heavy (non-hydrogen) atoms. The molecule has 0 fully saturated rings. The zero-order chi connectivity index (χ0) is 22.0. The number of fused-ring (bicyclic) bond motifs is 1. The minimum absolute atomic E-state index is 0.0549. The highest BCUT2D eigenvalue weighted by atomic mass is 16.8. The van der Waals surface area contributed by atoms with Crippen LogP contribution in [0.15, 0.2) is 82.0 Å². The molecule has 0 aliphatic carbocycles. The molecule has 8 heteroatoms. The van der Waals surface area contributed by atoms with E-state index < -0.39 is 11.4 Å². The third-order valence-corrected chi connectivity index (χ3v) is 4.63. The van der Waals surface area contributed by atoms with Gasteiger partial charge in [0.2, 0.25) is 11.2 Å². The number of methoxy groups -OCH3 is 1. The Hall–Kier alpha value is -4.14. The number of benzene rings is 3. The van der Waals surface area contributed by atoms with E-state index >= 15 is 0 Å². The molecule has 3 aromatic carbocycles. The lowest BCUT2D eigenvalue weighted by atomic mass is 10.1. The molecular weight excluding hydrogens is 402 g/mol. The number of ether oxygens (including phenoxy) is 2. The van der Waals surface area contributed by atoms with Gasteiger partial charge in [0, 0.05) is 5.56 Å². The normalized spacial score (nSPS) is 10.7. The molecule has 0 aliphatic rings. The molecule has 0 radical (unpaired) electrons. The fourth-order valence-electron chi connectivity index (χ4n) is 3.03. The summed E-state index contributed by atoms with van der Waals surface area (Å²) in [4.78, 5) is 25.8. The summed E-state index contributed by atoms with van der Waals surface area (Å²) in [5.41, 5.74) is 0.392. The van der Waals surface area contributed by atoms with Crippen LogP contribution in [0.1, 0.15) is 10.4 Å². The first-order valence-corrected chi connectivity index (χ1v) is 9.16. The minimum atomic E-state index is -0.820. The first-order valence-electron chi connectivity index (χ1n) is 9.16. The zero-order valence-electron chi connectivity index (χ0n) is 16.3. The van der Waals surface area contributed by atoms with E-state index in [1.165, 1.54) is 31.4 Å². The van der Waals surface area contributed by atoms with Crippen LogP contribution in [0.25, 0.3) is 22.3 Å².